The van der Waals surface area contributed by atoms with Crippen LogP contribution in [0.3, 0.4) is 0 Å². The Bertz CT molecular complexity index is 692. The lowest BCUT2D eigenvalue weighted by molar-refractivity contribution is -0.122. The zero-order valence-corrected chi connectivity index (χ0v) is 14.8. The zero-order valence-electron chi connectivity index (χ0n) is 14.0. The van der Waals surface area contributed by atoms with Crippen LogP contribution in [-0.4, -0.2) is 24.0 Å². The SMILES string of the molecule is Cc1ccc(CNCc2cccnc2N2CCC(C(N)=O)CC2)s1. The van der Waals surface area contributed by atoms with Gasteiger partial charge in [-0.15, -0.1) is 11.3 Å². The number of amides is 1. The van der Waals surface area contributed by atoms with E-state index in [1.165, 1.54) is 15.3 Å². The third kappa shape index (κ3) is 4.13. The molecule has 0 spiro atoms. The first-order chi connectivity index (χ1) is 11.6. The Hall–Kier alpha value is -1.92. The van der Waals surface area contributed by atoms with Crippen molar-refractivity contribution in [2.75, 3.05) is 18.0 Å². The van der Waals surface area contributed by atoms with Crippen LogP contribution in [0.25, 0.3) is 0 Å². The molecular weight excluding hydrogens is 320 g/mol. The molecule has 1 fully saturated rings. The van der Waals surface area contributed by atoms with E-state index in [0.717, 1.165) is 44.8 Å². The Kier molecular flexibility index (Phi) is 5.48. The first-order valence-corrected chi connectivity index (χ1v) is 9.19. The maximum absolute atomic E-state index is 11.3. The summed E-state index contributed by atoms with van der Waals surface area (Å²) in [6.07, 6.45) is 3.46. The highest BCUT2D eigenvalue weighted by atomic mass is 32.1. The van der Waals surface area contributed by atoms with Crippen molar-refractivity contribution >= 4 is 23.1 Å². The summed E-state index contributed by atoms with van der Waals surface area (Å²) < 4.78 is 0. The lowest BCUT2D eigenvalue weighted by atomic mass is 9.96. The second-order valence-corrected chi connectivity index (χ2v) is 7.64. The van der Waals surface area contributed by atoms with E-state index in [2.05, 4.69) is 40.3 Å². The van der Waals surface area contributed by atoms with Crippen LogP contribution in [0.4, 0.5) is 5.82 Å². The number of carbonyl (C=O) groups is 1. The van der Waals surface area contributed by atoms with E-state index in [4.69, 9.17) is 5.73 Å². The number of piperidine rings is 1. The van der Waals surface area contributed by atoms with Crippen molar-refractivity contribution in [2.24, 2.45) is 11.7 Å². The molecule has 2 aromatic rings. The monoisotopic (exact) mass is 344 g/mol. The third-order valence-electron chi connectivity index (χ3n) is 4.48. The van der Waals surface area contributed by atoms with Gasteiger partial charge in [-0.1, -0.05) is 6.07 Å². The highest BCUT2D eigenvalue weighted by Gasteiger charge is 2.24. The van der Waals surface area contributed by atoms with Crippen LogP contribution in [0.1, 0.15) is 28.2 Å². The molecule has 2 aromatic heterocycles. The first kappa shape index (κ1) is 16.9. The number of anilines is 1. The number of rotatable bonds is 6. The van der Waals surface area contributed by atoms with Crippen molar-refractivity contribution in [2.45, 2.75) is 32.9 Å². The van der Waals surface area contributed by atoms with Gasteiger partial charge in [-0.3, -0.25) is 4.79 Å². The molecule has 0 bridgehead atoms. The van der Waals surface area contributed by atoms with E-state index in [0.29, 0.717) is 0 Å². The maximum atomic E-state index is 11.3. The molecule has 3 heterocycles. The number of hydrogen-bond donors (Lipinski definition) is 2. The van der Waals surface area contributed by atoms with Gasteiger partial charge in [0.25, 0.3) is 0 Å². The molecule has 0 radical (unpaired) electrons. The lowest BCUT2D eigenvalue weighted by Crippen LogP contribution is -2.39. The van der Waals surface area contributed by atoms with Crippen LogP contribution in [0, 0.1) is 12.8 Å². The molecule has 6 heteroatoms. The molecule has 3 rings (SSSR count). The van der Waals surface area contributed by atoms with E-state index in [9.17, 15) is 4.79 Å². The molecule has 0 aromatic carbocycles. The summed E-state index contributed by atoms with van der Waals surface area (Å²) in [6.45, 7) is 5.46. The van der Waals surface area contributed by atoms with Crippen LogP contribution < -0.4 is 16.0 Å². The smallest absolute Gasteiger partial charge is 0.220 e. The van der Waals surface area contributed by atoms with Crippen molar-refractivity contribution in [3.8, 4) is 0 Å². The first-order valence-electron chi connectivity index (χ1n) is 8.37. The Labute approximate surface area is 146 Å². The molecule has 0 unspecified atom stereocenters. The fourth-order valence-electron chi connectivity index (χ4n) is 3.13. The van der Waals surface area contributed by atoms with Gasteiger partial charge in [0.05, 0.1) is 0 Å². The molecule has 5 nitrogen and oxygen atoms in total. The largest absolute Gasteiger partial charge is 0.369 e. The molecule has 0 atom stereocenters. The number of nitrogens with zero attached hydrogens (tertiary/aromatic N) is 2. The lowest BCUT2D eigenvalue weighted by Gasteiger charge is -2.32. The Balaban J connectivity index is 1.60. The van der Waals surface area contributed by atoms with Gasteiger partial charge < -0.3 is 16.0 Å². The molecule has 0 saturated carbocycles. The van der Waals surface area contributed by atoms with Gasteiger partial charge in [-0.2, -0.15) is 0 Å². The number of aryl methyl sites for hydroxylation is 1. The predicted molar refractivity (Wildman–Crippen MR) is 98.0 cm³/mol. The average molecular weight is 344 g/mol. The van der Waals surface area contributed by atoms with E-state index in [1.54, 1.807) is 0 Å². The molecule has 3 N–H and O–H groups in total. The van der Waals surface area contributed by atoms with Gasteiger partial charge in [0.15, 0.2) is 0 Å². The highest BCUT2D eigenvalue weighted by molar-refractivity contribution is 7.11. The minimum Gasteiger partial charge on any atom is -0.369 e. The standard InChI is InChI=1S/C18H24N4OS/c1-13-4-5-16(24-13)12-20-11-15-3-2-8-21-18(15)22-9-6-14(7-10-22)17(19)23/h2-5,8,14,20H,6-7,9-12H2,1H3,(H2,19,23). The summed E-state index contributed by atoms with van der Waals surface area (Å²) in [5, 5.41) is 3.51. The summed E-state index contributed by atoms with van der Waals surface area (Å²) in [5.74, 6) is 0.854. The van der Waals surface area contributed by atoms with Crippen molar-refractivity contribution < 1.29 is 4.79 Å². The molecule has 1 amide bonds. The molecule has 1 saturated heterocycles. The van der Waals surface area contributed by atoms with Gasteiger partial charge >= 0.3 is 0 Å². The molecule has 24 heavy (non-hydrogen) atoms. The molecule has 128 valence electrons. The summed E-state index contributed by atoms with van der Waals surface area (Å²) in [6, 6.07) is 8.42. The summed E-state index contributed by atoms with van der Waals surface area (Å²) in [4.78, 5) is 20.9. The number of nitrogens with one attached hydrogen (secondary N) is 1. The fourth-order valence-corrected chi connectivity index (χ4v) is 3.99. The van der Waals surface area contributed by atoms with Crippen LogP contribution in [0.2, 0.25) is 0 Å². The van der Waals surface area contributed by atoms with Gasteiger partial charge in [0.2, 0.25) is 5.91 Å². The minimum absolute atomic E-state index is 0.00797. The molecule has 1 aliphatic heterocycles. The number of hydrogen-bond acceptors (Lipinski definition) is 5. The van der Waals surface area contributed by atoms with Gasteiger partial charge in [-0.05, 0) is 38.0 Å². The zero-order chi connectivity index (χ0) is 16.9. The molecule has 1 aliphatic rings. The normalized spacial score (nSPS) is 15.6. The average Bonchev–Trinajstić information content (AvgIpc) is 3.01. The number of nitrogens with two attached hydrogens (primary N) is 1. The molecule has 0 aliphatic carbocycles. The Morgan fingerprint density at radius 1 is 1.33 bits per heavy atom. The Morgan fingerprint density at radius 3 is 2.79 bits per heavy atom. The van der Waals surface area contributed by atoms with Crippen molar-refractivity contribution in [1.82, 2.24) is 10.3 Å². The minimum atomic E-state index is -0.177. The number of pyridine rings is 1. The van der Waals surface area contributed by atoms with Crippen LogP contribution >= 0.6 is 11.3 Å². The van der Waals surface area contributed by atoms with Crippen LogP contribution in [-0.2, 0) is 17.9 Å². The van der Waals surface area contributed by atoms with Gasteiger partial charge in [-0.25, -0.2) is 4.98 Å². The summed E-state index contributed by atoms with van der Waals surface area (Å²) in [7, 11) is 0. The third-order valence-corrected chi connectivity index (χ3v) is 5.48. The number of aromatic nitrogens is 1. The topological polar surface area (TPSA) is 71.2 Å². The maximum Gasteiger partial charge on any atom is 0.220 e. The fraction of sp³-hybridized carbons (Fsp3) is 0.444. The van der Waals surface area contributed by atoms with E-state index in [-0.39, 0.29) is 11.8 Å². The number of primary amides is 1. The van der Waals surface area contributed by atoms with Crippen molar-refractivity contribution in [1.29, 1.82) is 0 Å². The van der Waals surface area contributed by atoms with Crippen molar-refractivity contribution in [3.63, 3.8) is 0 Å². The van der Waals surface area contributed by atoms with E-state index >= 15 is 0 Å². The Morgan fingerprint density at radius 2 is 2.12 bits per heavy atom. The predicted octanol–water partition coefficient (Wildman–Crippen LogP) is 2.44. The van der Waals surface area contributed by atoms with Gasteiger partial charge in [0.1, 0.15) is 5.82 Å². The van der Waals surface area contributed by atoms with Gasteiger partial charge in [0, 0.05) is 53.6 Å². The molecular formula is C18H24N4OS. The number of carbonyl (C=O) groups excluding carboxylic acids is 1. The summed E-state index contributed by atoms with van der Waals surface area (Å²) in [5.41, 5.74) is 6.62. The van der Waals surface area contributed by atoms with E-state index in [1.807, 2.05) is 23.6 Å². The van der Waals surface area contributed by atoms with Crippen LogP contribution in [0.5, 0.6) is 0 Å². The van der Waals surface area contributed by atoms with E-state index < -0.39 is 0 Å². The second-order valence-electron chi connectivity index (χ2n) is 6.27. The quantitative estimate of drug-likeness (QED) is 0.844. The number of thiophene rings is 1. The highest BCUT2D eigenvalue weighted by Crippen LogP contribution is 2.24. The van der Waals surface area contributed by atoms with Crippen molar-refractivity contribution in [3.05, 3.63) is 45.8 Å². The van der Waals surface area contributed by atoms with Crippen LogP contribution in [0.15, 0.2) is 30.5 Å². The summed E-state index contributed by atoms with van der Waals surface area (Å²) >= 11 is 1.83. The second kappa shape index (κ2) is 7.77.